The molecule has 1 rings (SSSR count). The molecule has 1 aromatic carbocycles. The van der Waals surface area contributed by atoms with Crippen LogP contribution in [0.25, 0.3) is 0 Å². The second kappa shape index (κ2) is 9.35. The Balaban J connectivity index is 2.39. The number of rotatable bonds is 9. The molecule has 7 heteroatoms. The second-order valence-corrected chi connectivity index (χ2v) is 6.36. The normalized spacial score (nSPS) is 12.0. The van der Waals surface area contributed by atoms with Gasteiger partial charge in [0, 0.05) is 18.2 Å². The van der Waals surface area contributed by atoms with Gasteiger partial charge in [-0.1, -0.05) is 38.3 Å². The molecule has 1 N–H and O–H groups in total. The maximum absolute atomic E-state index is 11.8. The van der Waals surface area contributed by atoms with Crippen molar-refractivity contribution < 1.29 is 14.5 Å². The maximum atomic E-state index is 11.8. The molecule has 6 nitrogen and oxygen atoms in total. The molecule has 0 aliphatic rings. The maximum Gasteiger partial charge on any atom is 0.271 e. The third-order valence-electron chi connectivity index (χ3n) is 3.31. The van der Waals surface area contributed by atoms with Crippen LogP contribution in [0.15, 0.2) is 18.2 Å². The minimum Gasteiger partial charge on any atom is -0.482 e. The molecule has 0 saturated heterocycles. The molecule has 1 aromatic rings. The molecule has 23 heavy (non-hydrogen) atoms. The number of benzene rings is 1. The first kappa shape index (κ1) is 19.2. The fourth-order valence-corrected chi connectivity index (χ4v) is 2.31. The SMILES string of the molecule is CC(C)CCCC(C)NC(=O)COc1ccc([N+](=O)[O-])cc1Cl. The van der Waals surface area contributed by atoms with Crippen molar-refractivity contribution in [1.82, 2.24) is 5.32 Å². The van der Waals surface area contributed by atoms with Crippen LogP contribution >= 0.6 is 11.6 Å². The van der Waals surface area contributed by atoms with Gasteiger partial charge in [0.05, 0.1) is 9.95 Å². The molecule has 1 atom stereocenters. The molecule has 0 radical (unpaired) electrons. The summed E-state index contributed by atoms with van der Waals surface area (Å²) in [6, 6.07) is 3.95. The van der Waals surface area contributed by atoms with Crippen LogP contribution in [0.4, 0.5) is 5.69 Å². The zero-order valence-corrected chi connectivity index (χ0v) is 14.4. The van der Waals surface area contributed by atoms with E-state index in [-0.39, 0.29) is 35.0 Å². The van der Waals surface area contributed by atoms with Crippen LogP contribution in [0, 0.1) is 16.0 Å². The van der Waals surface area contributed by atoms with Gasteiger partial charge in [-0.25, -0.2) is 0 Å². The van der Waals surface area contributed by atoms with Crippen molar-refractivity contribution >= 4 is 23.2 Å². The Labute approximate surface area is 141 Å². The molecule has 0 spiro atoms. The van der Waals surface area contributed by atoms with Crippen LogP contribution in [0.1, 0.15) is 40.0 Å². The van der Waals surface area contributed by atoms with E-state index >= 15 is 0 Å². The predicted octanol–water partition coefficient (Wildman–Crippen LogP) is 3.96. The minimum absolute atomic E-state index is 0.0807. The molecule has 1 amide bonds. The van der Waals surface area contributed by atoms with Gasteiger partial charge in [-0.2, -0.15) is 0 Å². The highest BCUT2D eigenvalue weighted by molar-refractivity contribution is 6.32. The van der Waals surface area contributed by atoms with Crippen LogP contribution in [0.3, 0.4) is 0 Å². The van der Waals surface area contributed by atoms with E-state index in [0.29, 0.717) is 5.92 Å². The topological polar surface area (TPSA) is 81.5 Å². The van der Waals surface area contributed by atoms with E-state index in [4.69, 9.17) is 16.3 Å². The number of non-ortho nitro benzene ring substituents is 1. The highest BCUT2D eigenvalue weighted by Crippen LogP contribution is 2.28. The summed E-state index contributed by atoms with van der Waals surface area (Å²) >= 11 is 5.90. The number of nitrogens with zero attached hydrogens (tertiary/aromatic N) is 1. The lowest BCUT2D eigenvalue weighted by Crippen LogP contribution is -2.36. The monoisotopic (exact) mass is 342 g/mol. The molecule has 0 aliphatic carbocycles. The Morgan fingerprint density at radius 3 is 2.61 bits per heavy atom. The number of nitro benzene ring substituents is 1. The van der Waals surface area contributed by atoms with E-state index in [2.05, 4.69) is 19.2 Å². The lowest BCUT2D eigenvalue weighted by Gasteiger charge is -2.15. The van der Waals surface area contributed by atoms with Crippen molar-refractivity contribution in [3.8, 4) is 5.75 Å². The molecule has 0 aromatic heterocycles. The van der Waals surface area contributed by atoms with Gasteiger partial charge in [-0.05, 0) is 25.3 Å². The van der Waals surface area contributed by atoms with Gasteiger partial charge >= 0.3 is 0 Å². The number of amides is 1. The standard InChI is InChI=1S/C16H23ClN2O4/c1-11(2)5-4-6-12(3)18-16(20)10-23-15-8-7-13(19(21)22)9-14(15)17/h7-9,11-12H,4-6,10H2,1-3H3,(H,18,20). The quantitative estimate of drug-likeness (QED) is 0.544. The summed E-state index contributed by atoms with van der Waals surface area (Å²) in [5.41, 5.74) is -0.120. The lowest BCUT2D eigenvalue weighted by molar-refractivity contribution is -0.384. The molecule has 0 saturated carbocycles. The number of hydrogen-bond acceptors (Lipinski definition) is 4. The Morgan fingerprint density at radius 1 is 1.35 bits per heavy atom. The molecule has 0 aliphatic heterocycles. The number of halogens is 1. The zero-order chi connectivity index (χ0) is 17.4. The Hall–Kier alpha value is -1.82. The fraction of sp³-hybridized carbons (Fsp3) is 0.562. The second-order valence-electron chi connectivity index (χ2n) is 5.95. The summed E-state index contributed by atoms with van der Waals surface area (Å²) < 4.78 is 5.31. The number of nitrogens with one attached hydrogen (secondary N) is 1. The van der Waals surface area contributed by atoms with E-state index < -0.39 is 4.92 Å². The summed E-state index contributed by atoms with van der Waals surface area (Å²) in [5.74, 6) is 0.668. The molecule has 1 unspecified atom stereocenters. The van der Waals surface area contributed by atoms with Gasteiger partial charge in [-0.15, -0.1) is 0 Å². The average molecular weight is 343 g/mol. The van der Waals surface area contributed by atoms with Crippen molar-refractivity contribution in [1.29, 1.82) is 0 Å². The van der Waals surface area contributed by atoms with E-state index in [1.165, 1.54) is 18.2 Å². The first-order valence-electron chi connectivity index (χ1n) is 7.65. The van der Waals surface area contributed by atoms with Crippen LogP contribution in [0.5, 0.6) is 5.75 Å². The third-order valence-corrected chi connectivity index (χ3v) is 3.61. The van der Waals surface area contributed by atoms with E-state index in [1.54, 1.807) is 0 Å². The van der Waals surface area contributed by atoms with Gasteiger partial charge in [-0.3, -0.25) is 14.9 Å². The summed E-state index contributed by atoms with van der Waals surface area (Å²) in [7, 11) is 0. The van der Waals surface area contributed by atoms with Crippen LogP contribution < -0.4 is 10.1 Å². The van der Waals surface area contributed by atoms with Gasteiger partial charge < -0.3 is 10.1 Å². The van der Waals surface area contributed by atoms with Gasteiger partial charge in [0.1, 0.15) is 5.75 Å². The molecule has 128 valence electrons. The molecule has 0 heterocycles. The largest absolute Gasteiger partial charge is 0.482 e. The number of carbonyl (C=O) groups excluding carboxylic acids is 1. The summed E-state index contributed by atoms with van der Waals surface area (Å²) in [6.07, 6.45) is 3.12. The van der Waals surface area contributed by atoms with Crippen molar-refractivity contribution in [3.05, 3.63) is 33.3 Å². The van der Waals surface area contributed by atoms with E-state index in [9.17, 15) is 14.9 Å². The molecule has 0 fully saturated rings. The number of nitro groups is 1. The summed E-state index contributed by atoms with van der Waals surface area (Å²) in [6.45, 7) is 6.12. The smallest absolute Gasteiger partial charge is 0.271 e. The van der Waals surface area contributed by atoms with Crippen molar-refractivity contribution in [2.45, 2.75) is 46.1 Å². The Kier molecular flexibility index (Phi) is 7.81. The highest BCUT2D eigenvalue weighted by atomic mass is 35.5. The zero-order valence-electron chi connectivity index (χ0n) is 13.7. The third kappa shape index (κ3) is 7.32. The lowest BCUT2D eigenvalue weighted by atomic mass is 10.0. The molecule has 0 bridgehead atoms. The summed E-state index contributed by atoms with van der Waals surface area (Å²) in [4.78, 5) is 21.9. The molecular formula is C16H23ClN2O4. The first-order valence-corrected chi connectivity index (χ1v) is 8.03. The Bertz CT molecular complexity index is 549. The number of hydrogen-bond donors (Lipinski definition) is 1. The van der Waals surface area contributed by atoms with Gasteiger partial charge in [0.15, 0.2) is 6.61 Å². The number of ether oxygens (including phenoxy) is 1. The van der Waals surface area contributed by atoms with Crippen molar-refractivity contribution in [2.24, 2.45) is 5.92 Å². The predicted molar refractivity (Wildman–Crippen MR) is 89.9 cm³/mol. The summed E-state index contributed by atoms with van der Waals surface area (Å²) in [5, 5.41) is 13.6. The van der Waals surface area contributed by atoms with Gasteiger partial charge in [0.25, 0.3) is 11.6 Å². The van der Waals surface area contributed by atoms with Crippen LogP contribution in [-0.2, 0) is 4.79 Å². The number of carbonyl (C=O) groups is 1. The van der Waals surface area contributed by atoms with Crippen LogP contribution in [-0.4, -0.2) is 23.5 Å². The average Bonchev–Trinajstić information content (AvgIpc) is 2.45. The van der Waals surface area contributed by atoms with E-state index in [1.807, 2.05) is 6.92 Å². The molecular weight excluding hydrogens is 320 g/mol. The van der Waals surface area contributed by atoms with Crippen LogP contribution in [0.2, 0.25) is 5.02 Å². The fourth-order valence-electron chi connectivity index (χ4n) is 2.08. The first-order chi connectivity index (χ1) is 10.8. The van der Waals surface area contributed by atoms with Crippen molar-refractivity contribution in [2.75, 3.05) is 6.61 Å². The van der Waals surface area contributed by atoms with Crippen molar-refractivity contribution in [3.63, 3.8) is 0 Å². The minimum atomic E-state index is -0.540. The Morgan fingerprint density at radius 2 is 2.04 bits per heavy atom. The van der Waals surface area contributed by atoms with Gasteiger partial charge in [0.2, 0.25) is 0 Å². The van der Waals surface area contributed by atoms with E-state index in [0.717, 1.165) is 19.3 Å². The highest BCUT2D eigenvalue weighted by Gasteiger charge is 2.12.